The maximum Gasteiger partial charge on any atom is 0.0683 e. The summed E-state index contributed by atoms with van der Waals surface area (Å²) in [5.74, 6) is 0. The van der Waals surface area contributed by atoms with Gasteiger partial charge in [-0.1, -0.05) is 11.6 Å². The van der Waals surface area contributed by atoms with Crippen molar-refractivity contribution in [2.45, 2.75) is 26.7 Å². The lowest BCUT2D eigenvalue weighted by atomic mass is 9.90. The molecule has 0 aliphatic carbocycles. The van der Waals surface area contributed by atoms with Crippen molar-refractivity contribution in [3.63, 3.8) is 0 Å². The lowest BCUT2D eigenvalue weighted by Crippen LogP contribution is -2.46. The Morgan fingerprint density at radius 2 is 1.76 bits per heavy atom. The molecule has 0 atom stereocenters. The summed E-state index contributed by atoms with van der Waals surface area (Å²) in [6.45, 7) is 9.44. The molecule has 1 aliphatic heterocycles. The van der Waals surface area contributed by atoms with Crippen molar-refractivity contribution in [2.24, 2.45) is 5.41 Å². The van der Waals surface area contributed by atoms with E-state index in [1.165, 1.54) is 5.69 Å². The normalized spacial score (nSPS) is 16.8. The van der Waals surface area contributed by atoms with E-state index in [0.29, 0.717) is 0 Å². The monoisotopic (exact) mass is 305 g/mol. The minimum atomic E-state index is -0.189. The summed E-state index contributed by atoms with van der Waals surface area (Å²) in [6.07, 6.45) is 2.07. The first-order valence-corrected chi connectivity index (χ1v) is 8.02. The van der Waals surface area contributed by atoms with Gasteiger partial charge in [0, 0.05) is 36.9 Å². The van der Waals surface area contributed by atoms with Gasteiger partial charge in [0.1, 0.15) is 0 Å². The van der Waals surface area contributed by atoms with Crippen molar-refractivity contribution < 1.29 is 0 Å². The smallest absolute Gasteiger partial charge is 0.0683 e. The predicted octanol–water partition coefficient (Wildman–Crippen LogP) is 3.79. The molecule has 0 radical (unpaired) electrons. The highest BCUT2D eigenvalue weighted by Crippen LogP contribution is 2.22. The lowest BCUT2D eigenvalue weighted by molar-refractivity contribution is 0.242. The summed E-state index contributed by atoms with van der Waals surface area (Å²) in [4.78, 5) is 4.91. The van der Waals surface area contributed by atoms with E-state index in [1.54, 1.807) is 0 Å². The summed E-state index contributed by atoms with van der Waals surface area (Å²) in [6, 6.07) is 10.5. The molecule has 0 N–H and O–H groups in total. The van der Waals surface area contributed by atoms with Gasteiger partial charge in [-0.3, -0.25) is 4.90 Å². The van der Waals surface area contributed by atoms with E-state index in [4.69, 9.17) is 16.9 Å². The van der Waals surface area contributed by atoms with Crippen LogP contribution in [-0.4, -0.2) is 37.6 Å². The molecule has 0 spiro atoms. The fourth-order valence-corrected chi connectivity index (χ4v) is 2.81. The molecule has 0 amide bonds. The molecule has 1 aliphatic rings. The first kappa shape index (κ1) is 16.1. The second-order valence-electron chi connectivity index (χ2n) is 6.40. The Bertz CT molecular complexity index is 482. The van der Waals surface area contributed by atoms with Crippen molar-refractivity contribution in [3.05, 3.63) is 29.3 Å². The topological polar surface area (TPSA) is 30.3 Å². The number of halogens is 1. The van der Waals surface area contributed by atoms with Gasteiger partial charge in [0.15, 0.2) is 0 Å². The average Bonchev–Trinajstić information content (AvgIpc) is 2.49. The van der Waals surface area contributed by atoms with Gasteiger partial charge in [0.2, 0.25) is 0 Å². The van der Waals surface area contributed by atoms with E-state index in [9.17, 15) is 0 Å². The number of piperazine rings is 1. The molecule has 0 unspecified atom stereocenters. The van der Waals surface area contributed by atoms with Crippen LogP contribution >= 0.6 is 11.6 Å². The Kier molecular flexibility index (Phi) is 5.50. The van der Waals surface area contributed by atoms with E-state index in [-0.39, 0.29) is 5.41 Å². The van der Waals surface area contributed by atoms with E-state index in [1.807, 2.05) is 26.0 Å². The van der Waals surface area contributed by atoms with Gasteiger partial charge in [-0.2, -0.15) is 5.26 Å². The van der Waals surface area contributed by atoms with E-state index in [0.717, 1.165) is 50.6 Å². The molecule has 1 aromatic carbocycles. The molecule has 1 saturated heterocycles. The number of anilines is 1. The highest BCUT2D eigenvalue weighted by atomic mass is 35.5. The number of nitrogens with zero attached hydrogens (tertiary/aromatic N) is 3. The van der Waals surface area contributed by atoms with Crippen molar-refractivity contribution in [3.8, 4) is 6.07 Å². The van der Waals surface area contributed by atoms with Gasteiger partial charge in [-0.15, -0.1) is 0 Å². The van der Waals surface area contributed by atoms with Gasteiger partial charge in [-0.05, 0) is 57.5 Å². The van der Waals surface area contributed by atoms with Crippen molar-refractivity contribution >= 4 is 17.3 Å². The third kappa shape index (κ3) is 4.91. The van der Waals surface area contributed by atoms with Crippen LogP contribution in [0, 0.1) is 16.7 Å². The van der Waals surface area contributed by atoms with Crippen LogP contribution in [0.25, 0.3) is 0 Å². The second kappa shape index (κ2) is 7.15. The first-order chi connectivity index (χ1) is 10.00. The molecule has 21 heavy (non-hydrogen) atoms. The third-order valence-electron chi connectivity index (χ3n) is 4.14. The van der Waals surface area contributed by atoms with Crippen LogP contribution in [0.3, 0.4) is 0 Å². The van der Waals surface area contributed by atoms with E-state index in [2.05, 4.69) is 28.0 Å². The second-order valence-corrected chi connectivity index (χ2v) is 6.84. The maximum absolute atomic E-state index is 9.03. The summed E-state index contributed by atoms with van der Waals surface area (Å²) < 4.78 is 0. The zero-order valence-electron chi connectivity index (χ0n) is 13.0. The number of hydrogen-bond acceptors (Lipinski definition) is 3. The molecule has 1 heterocycles. The fourth-order valence-electron chi connectivity index (χ4n) is 2.68. The van der Waals surface area contributed by atoms with Crippen LogP contribution in [0.2, 0.25) is 5.02 Å². The molecule has 114 valence electrons. The maximum atomic E-state index is 9.03. The number of benzene rings is 1. The Hall–Kier alpha value is -1.24. The fraction of sp³-hybridized carbons (Fsp3) is 0.588. The quantitative estimate of drug-likeness (QED) is 0.829. The highest BCUT2D eigenvalue weighted by Gasteiger charge is 2.19. The van der Waals surface area contributed by atoms with Gasteiger partial charge in [0.05, 0.1) is 11.5 Å². The van der Waals surface area contributed by atoms with Gasteiger partial charge < -0.3 is 4.90 Å². The van der Waals surface area contributed by atoms with Crippen LogP contribution in [0.4, 0.5) is 5.69 Å². The highest BCUT2D eigenvalue weighted by molar-refractivity contribution is 6.30. The van der Waals surface area contributed by atoms with Crippen LogP contribution in [-0.2, 0) is 0 Å². The first-order valence-electron chi connectivity index (χ1n) is 7.64. The van der Waals surface area contributed by atoms with Gasteiger partial charge in [0.25, 0.3) is 0 Å². The van der Waals surface area contributed by atoms with E-state index >= 15 is 0 Å². The predicted molar refractivity (Wildman–Crippen MR) is 88.7 cm³/mol. The van der Waals surface area contributed by atoms with Gasteiger partial charge in [-0.25, -0.2) is 0 Å². The molecule has 0 aromatic heterocycles. The average molecular weight is 306 g/mol. The SMILES string of the molecule is CC(C)(C#N)CCCN1CCN(c2ccc(Cl)cc2)CC1. The van der Waals surface area contributed by atoms with Crippen molar-refractivity contribution in [1.82, 2.24) is 4.90 Å². The molecular formula is C17H24ClN3. The lowest BCUT2D eigenvalue weighted by Gasteiger charge is -2.36. The van der Waals surface area contributed by atoms with Crippen LogP contribution in [0.5, 0.6) is 0 Å². The number of hydrogen-bond donors (Lipinski definition) is 0. The standard InChI is InChI=1S/C17H24ClN3/c1-17(2,14-19)8-3-9-20-10-12-21(13-11-20)16-6-4-15(18)5-7-16/h4-7H,3,8-13H2,1-2H3. The summed E-state index contributed by atoms with van der Waals surface area (Å²) >= 11 is 5.93. The third-order valence-corrected chi connectivity index (χ3v) is 4.39. The zero-order valence-corrected chi connectivity index (χ0v) is 13.7. The van der Waals surface area contributed by atoms with Crippen LogP contribution in [0.15, 0.2) is 24.3 Å². The molecule has 2 rings (SSSR count). The molecule has 0 saturated carbocycles. The number of nitriles is 1. The summed E-state index contributed by atoms with van der Waals surface area (Å²) in [7, 11) is 0. The zero-order chi connectivity index (χ0) is 15.3. The minimum Gasteiger partial charge on any atom is -0.369 e. The Balaban J connectivity index is 1.74. The molecular weight excluding hydrogens is 282 g/mol. The van der Waals surface area contributed by atoms with Crippen LogP contribution < -0.4 is 4.90 Å². The van der Waals surface area contributed by atoms with Gasteiger partial charge >= 0.3 is 0 Å². The molecule has 1 fully saturated rings. The Labute approximate surface area is 133 Å². The molecule has 4 heteroatoms. The molecule has 3 nitrogen and oxygen atoms in total. The summed E-state index contributed by atoms with van der Waals surface area (Å²) in [5, 5.41) is 9.82. The van der Waals surface area contributed by atoms with Crippen LogP contribution in [0.1, 0.15) is 26.7 Å². The largest absolute Gasteiger partial charge is 0.369 e. The minimum absolute atomic E-state index is 0.189. The van der Waals surface area contributed by atoms with Crippen molar-refractivity contribution in [1.29, 1.82) is 5.26 Å². The molecule has 0 bridgehead atoms. The van der Waals surface area contributed by atoms with Crippen molar-refractivity contribution in [2.75, 3.05) is 37.6 Å². The van der Waals surface area contributed by atoms with E-state index < -0.39 is 0 Å². The molecule has 1 aromatic rings. The number of rotatable bonds is 5. The Morgan fingerprint density at radius 3 is 2.33 bits per heavy atom. The summed E-state index contributed by atoms with van der Waals surface area (Å²) in [5.41, 5.74) is 1.06. The Morgan fingerprint density at radius 1 is 1.14 bits per heavy atom.